The summed E-state index contributed by atoms with van der Waals surface area (Å²) in [4.78, 5) is 67.6. The van der Waals surface area contributed by atoms with Crippen LogP contribution in [0.1, 0.15) is 68.1 Å². The van der Waals surface area contributed by atoms with Gasteiger partial charge in [-0.15, -0.1) is 0 Å². The summed E-state index contributed by atoms with van der Waals surface area (Å²) >= 11 is 6.12. The highest BCUT2D eigenvalue weighted by molar-refractivity contribution is 7.91. The monoisotopic (exact) mass is 864 g/mol. The fraction of sp³-hybridized carbons (Fsp3) is 0.439. The van der Waals surface area contributed by atoms with E-state index in [2.05, 4.69) is 16.0 Å². The minimum absolute atomic E-state index is 0.0833. The van der Waals surface area contributed by atoms with E-state index in [1.54, 1.807) is 57.2 Å². The predicted octanol–water partition coefficient (Wildman–Crippen LogP) is 5.57. The molecule has 1 fully saturated rings. The first-order valence-electron chi connectivity index (χ1n) is 18.6. The molecule has 4 amide bonds. The van der Waals surface area contributed by atoms with Gasteiger partial charge in [-0.25, -0.2) is 13.2 Å². The van der Waals surface area contributed by atoms with Gasteiger partial charge in [0.05, 0.1) is 24.2 Å². The highest BCUT2D eigenvalue weighted by Crippen LogP contribution is 2.29. The van der Waals surface area contributed by atoms with Crippen molar-refractivity contribution in [3.05, 3.63) is 100 Å². The van der Waals surface area contributed by atoms with Crippen LogP contribution in [0.2, 0.25) is 5.02 Å². The summed E-state index contributed by atoms with van der Waals surface area (Å²) in [7, 11) is -2.69. The quantitative estimate of drug-likeness (QED) is 0.176. The molecule has 1 heterocycles. The lowest BCUT2D eigenvalue weighted by atomic mass is 9.98. The van der Waals surface area contributed by atoms with Crippen LogP contribution < -0.4 is 20.7 Å². The zero-order chi connectivity index (χ0) is 43.9. The third-order valence-corrected chi connectivity index (χ3v) is 11.7. The van der Waals surface area contributed by atoms with Crippen molar-refractivity contribution in [3.8, 4) is 5.75 Å². The first-order valence-corrected chi connectivity index (χ1v) is 20.7. The standard InChI is InChI=1S/C41H48ClF3N4O9S/c1-24(2)34(35(50)41(43,44)45)48-37(52)33-20-31(59(55,56)23-27-14-16-30(57-6)17-15-27)22-49(33)38(53)32(47-36(51)28-8-7-9-29(42)19-28)18-25-10-12-26(13-11-25)21-46-39(54)58-40(3,4)5/h7-17,19,24,31-34H,18,20-23H2,1-6H3,(H,46,54)(H,47,51)(H,48,52)/t31-,32+,33+,34+/m1/s1. The fourth-order valence-corrected chi connectivity index (χ4v) is 8.32. The summed E-state index contributed by atoms with van der Waals surface area (Å²) in [6.07, 6.45) is -6.61. The van der Waals surface area contributed by atoms with E-state index in [0.29, 0.717) is 22.4 Å². The number of rotatable bonds is 15. The second-order valence-corrected chi connectivity index (χ2v) is 18.2. The van der Waals surface area contributed by atoms with Crippen LogP contribution in [0.3, 0.4) is 0 Å². The van der Waals surface area contributed by atoms with Crippen LogP contribution >= 0.6 is 11.6 Å². The Kier molecular flexibility index (Phi) is 15.2. The number of alkyl halides is 3. The third-order valence-electron chi connectivity index (χ3n) is 9.40. The normalized spacial score (nSPS) is 16.8. The number of nitrogens with zero attached hydrogens (tertiary/aromatic N) is 1. The van der Waals surface area contributed by atoms with E-state index in [4.69, 9.17) is 21.1 Å². The van der Waals surface area contributed by atoms with Gasteiger partial charge < -0.3 is 30.3 Å². The molecule has 0 bridgehead atoms. The van der Waals surface area contributed by atoms with Crippen LogP contribution in [-0.2, 0) is 47.7 Å². The van der Waals surface area contributed by atoms with Crippen molar-refractivity contribution in [3.63, 3.8) is 0 Å². The molecule has 3 aromatic rings. The molecule has 13 nitrogen and oxygen atoms in total. The zero-order valence-corrected chi connectivity index (χ0v) is 35.0. The second kappa shape index (κ2) is 19.3. The maximum absolute atomic E-state index is 14.7. The molecule has 1 saturated heterocycles. The number of ether oxygens (including phenoxy) is 2. The van der Waals surface area contributed by atoms with Crippen molar-refractivity contribution in [2.75, 3.05) is 13.7 Å². The number of ketones is 1. The van der Waals surface area contributed by atoms with Crippen molar-refractivity contribution < 1.29 is 55.0 Å². The van der Waals surface area contributed by atoms with Gasteiger partial charge in [-0.2, -0.15) is 13.2 Å². The number of Topliss-reactive ketones (excluding diaryl/α,β-unsaturated/α-hetero) is 1. The van der Waals surface area contributed by atoms with Gasteiger partial charge in [0.2, 0.25) is 11.8 Å². The molecule has 0 unspecified atom stereocenters. The van der Waals surface area contributed by atoms with Crippen molar-refractivity contribution >= 4 is 51.0 Å². The number of hydrogen-bond donors (Lipinski definition) is 3. The number of methoxy groups -OCH3 is 1. The van der Waals surface area contributed by atoms with Gasteiger partial charge in [-0.3, -0.25) is 19.2 Å². The number of likely N-dealkylation sites (tertiary alicyclic amines) is 1. The van der Waals surface area contributed by atoms with Crippen molar-refractivity contribution in [1.82, 2.24) is 20.9 Å². The smallest absolute Gasteiger partial charge is 0.452 e. The first kappa shape index (κ1) is 46.5. The molecule has 1 aliphatic rings. The molecule has 0 aliphatic carbocycles. The summed E-state index contributed by atoms with van der Waals surface area (Å²) in [6.45, 7) is 7.32. The minimum Gasteiger partial charge on any atom is -0.497 e. The van der Waals surface area contributed by atoms with E-state index in [1.165, 1.54) is 57.4 Å². The molecule has 1 aliphatic heterocycles. The van der Waals surface area contributed by atoms with Gasteiger partial charge in [0.15, 0.2) is 9.84 Å². The van der Waals surface area contributed by atoms with E-state index in [-0.39, 0.29) is 23.6 Å². The predicted molar refractivity (Wildman–Crippen MR) is 213 cm³/mol. The minimum atomic E-state index is -5.30. The summed E-state index contributed by atoms with van der Waals surface area (Å²) in [5.41, 5.74) is 0.927. The van der Waals surface area contributed by atoms with E-state index in [0.717, 1.165) is 4.90 Å². The molecule has 0 aromatic heterocycles. The number of alkyl carbamates (subject to hydrolysis) is 1. The van der Waals surface area contributed by atoms with Gasteiger partial charge in [0.25, 0.3) is 11.7 Å². The molecule has 0 saturated carbocycles. The van der Waals surface area contributed by atoms with Crippen LogP contribution in [0.4, 0.5) is 18.0 Å². The van der Waals surface area contributed by atoms with E-state index >= 15 is 0 Å². The van der Waals surface area contributed by atoms with Gasteiger partial charge in [0, 0.05) is 30.1 Å². The van der Waals surface area contributed by atoms with Gasteiger partial charge in [-0.05, 0) is 80.1 Å². The third kappa shape index (κ3) is 13.2. The topological polar surface area (TPSA) is 177 Å². The number of amides is 4. The first-order chi connectivity index (χ1) is 27.5. The fourth-order valence-electron chi connectivity index (χ4n) is 6.37. The molecule has 4 atom stereocenters. The van der Waals surface area contributed by atoms with Crippen molar-refractivity contribution in [2.24, 2.45) is 5.92 Å². The Bertz CT molecular complexity index is 2110. The van der Waals surface area contributed by atoms with Crippen LogP contribution in [0.5, 0.6) is 5.75 Å². The molecule has 3 aromatic carbocycles. The lowest BCUT2D eigenvalue weighted by molar-refractivity contribution is -0.175. The second-order valence-electron chi connectivity index (χ2n) is 15.5. The largest absolute Gasteiger partial charge is 0.497 e. The van der Waals surface area contributed by atoms with Crippen molar-refractivity contribution in [2.45, 2.75) is 94.9 Å². The average Bonchev–Trinajstić information content (AvgIpc) is 3.62. The van der Waals surface area contributed by atoms with E-state index < -0.39 is 99.2 Å². The maximum Gasteiger partial charge on any atom is 0.452 e. The van der Waals surface area contributed by atoms with Crippen LogP contribution in [0.25, 0.3) is 0 Å². The number of halogens is 4. The van der Waals surface area contributed by atoms with Crippen LogP contribution in [0, 0.1) is 5.92 Å². The number of sulfone groups is 1. The Morgan fingerprint density at radius 1 is 0.898 bits per heavy atom. The summed E-state index contributed by atoms with van der Waals surface area (Å²) in [6, 6.07) is 13.6. The van der Waals surface area contributed by atoms with E-state index in [1.807, 2.05) is 0 Å². The number of benzene rings is 3. The Morgan fingerprint density at radius 3 is 2.07 bits per heavy atom. The van der Waals surface area contributed by atoms with Gasteiger partial charge >= 0.3 is 12.3 Å². The molecular formula is C41H48ClF3N4O9S. The lowest BCUT2D eigenvalue weighted by Crippen LogP contribution is -2.57. The lowest BCUT2D eigenvalue weighted by Gasteiger charge is -2.30. The number of carbonyl (C=O) groups excluding carboxylic acids is 5. The molecule has 0 spiro atoms. The number of nitrogens with one attached hydrogen (secondary N) is 3. The zero-order valence-electron chi connectivity index (χ0n) is 33.4. The molecule has 3 N–H and O–H groups in total. The van der Waals surface area contributed by atoms with E-state index in [9.17, 15) is 45.6 Å². The Hall–Kier alpha value is -5.16. The highest BCUT2D eigenvalue weighted by atomic mass is 35.5. The molecule has 59 heavy (non-hydrogen) atoms. The number of carbonyl (C=O) groups is 5. The van der Waals surface area contributed by atoms with Gasteiger partial charge in [-0.1, -0.05) is 67.9 Å². The Morgan fingerprint density at radius 2 is 1.51 bits per heavy atom. The highest BCUT2D eigenvalue weighted by Gasteiger charge is 2.49. The summed E-state index contributed by atoms with van der Waals surface area (Å²) < 4.78 is 79.0. The molecule has 320 valence electrons. The summed E-state index contributed by atoms with van der Waals surface area (Å²) in [5, 5.41) is 6.31. The Balaban J connectivity index is 1.69. The number of hydrogen-bond acceptors (Lipinski definition) is 9. The molecular weight excluding hydrogens is 817 g/mol. The molecule has 0 radical (unpaired) electrons. The molecule has 18 heteroatoms. The van der Waals surface area contributed by atoms with Crippen molar-refractivity contribution in [1.29, 1.82) is 0 Å². The Labute approximate surface area is 346 Å². The summed E-state index contributed by atoms with van der Waals surface area (Å²) in [5.74, 6) is -6.06. The van der Waals surface area contributed by atoms with Crippen LogP contribution in [0.15, 0.2) is 72.8 Å². The molecule has 4 rings (SSSR count). The van der Waals surface area contributed by atoms with Crippen LogP contribution in [-0.4, -0.2) is 91.7 Å². The SMILES string of the molecule is COc1ccc(CS(=O)(=O)[C@@H]2C[C@@H](C(=O)N[C@H](C(=O)C(F)(F)F)C(C)C)N(C(=O)[C@H](Cc3ccc(CNC(=O)OC(C)(C)C)cc3)NC(=O)c3cccc(Cl)c3)C2)cc1. The van der Waals surface area contributed by atoms with Gasteiger partial charge in [0.1, 0.15) is 23.4 Å². The maximum atomic E-state index is 14.7. The average molecular weight is 865 g/mol.